The summed E-state index contributed by atoms with van der Waals surface area (Å²) in [4.78, 5) is 24.2. The number of carbonyl (C=O) groups excluding carboxylic acids is 1. The number of nitro groups is 1. The molecule has 1 heterocycles. The van der Waals surface area contributed by atoms with E-state index in [0.29, 0.717) is 28.8 Å². The number of hydrogen-bond acceptors (Lipinski definition) is 6. The van der Waals surface area contributed by atoms with Gasteiger partial charge in [0.25, 0.3) is 11.6 Å². The van der Waals surface area contributed by atoms with Crippen molar-refractivity contribution in [1.82, 2.24) is 20.1 Å². The first-order chi connectivity index (χ1) is 21.1. The maximum atomic E-state index is 13.4. The minimum Gasteiger partial charge on any atom is -0.342 e. The number of benzene rings is 4. The number of non-ortho nitro benzene ring substituents is 1. The molecule has 4 aromatic carbocycles. The van der Waals surface area contributed by atoms with Gasteiger partial charge in [0.1, 0.15) is 0 Å². The van der Waals surface area contributed by atoms with Gasteiger partial charge < -0.3 is 5.32 Å². The van der Waals surface area contributed by atoms with Crippen LogP contribution in [0.4, 0.5) is 18.9 Å². The molecule has 224 valence electrons. The molecule has 0 aliphatic carbocycles. The number of hydrogen-bond donors (Lipinski definition) is 1. The number of halogens is 3. The van der Waals surface area contributed by atoms with Crippen molar-refractivity contribution in [2.75, 3.05) is 0 Å². The van der Waals surface area contributed by atoms with Gasteiger partial charge >= 0.3 is 6.18 Å². The van der Waals surface area contributed by atoms with Crippen LogP contribution in [0.5, 0.6) is 0 Å². The van der Waals surface area contributed by atoms with Crippen LogP contribution in [0.25, 0.3) is 5.69 Å². The maximum Gasteiger partial charge on any atom is 0.416 e. The molecular weight excluding hydrogens is 591 g/mol. The Balaban J connectivity index is 1.54. The van der Waals surface area contributed by atoms with Gasteiger partial charge in [0, 0.05) is 29.1 Å². The number of rotatable bonds is 10. The number of aryl methyl sites for hydroxylation is 1. The van der Waals surface area contributed by atoms with Crippen LogP contribution in [-0.4, -0.2) is 25.6 Å². The highest BCUT2D eigenvalue weighted by Crippen LogP contribution is 2.31. The van der Waals surface area contributed by atoms with Crippen LogP contribution in [0.2, 0.25) is 0 Å². The molecule has 5 aromatic rings. The van der Waals surface area contributed by atoms with Crippen molar-refractivity contribution in [2.24, 2.45) is 0 Å². The normalized spacial score (nSPS) is 12.1. The Morgan fingerprint density at radius 1 is 0.932 bits per heavy atom. The molecule has 0 saturated carbocycles. The van der Waals surface area contributed by atoms with Crippen molar-refractivity contribution in [2.45, 2.75) is 36.5 Å². The summed E-state index contributed by atoms with van der Waals surface area (Å²) in [6, 6.07) is 26.5. The zero-order valence-electron chi connectivity index (χ0n) is 23.4. The van der Waals surface area contributed by atoms with Gasteiger partial charge in [-0.15, -0.1) is 10.2 Å². The number of carbonyl (C=O) groups is 1. The molecule has 0 fully saturated rings. The van der Waals surface area contributed by atoms with Crippen molar-refractivity contribution in [3.63, 3.8) is 0 Å². The molecule has 44 heavy (non-hydrogen) atoms. The third-order valence-electron chi connectivity index (χ3n) is 6.80. The molecule has 8 nitrogen and oxygen atoms in total. The van der Waals surface area contributed by atoms with Gasteiger partial charge in [0.15, 0.2) is 11.0 Å². The van der Waals surface area contributed by atoms with Gasteiger partial charge in [0.2, 0.25) is 0 Å². The molecule has 1 aromatic heterocycles. The van der Waals surface area contributed by atoms with E-state index in [1.54, 1.807) is 16.7 Å². The molecule has 0 bridgehead atoms. The molecule has 1 atom stereocenters. The Morgan fingerprint density at radius 2 is 1.61 bits per heavy atom. The zero-order valence-corrected chi connectivity index (χ0v) is 24.2. The van der Waals surface area contributed by atoms with E-state index < -0.39 is 28.6 Å². The molecule has 1 unspecified atom stereocenters. The lowest BCUT2D eigenvalue weighted by molar-refractivity contribution is -0.384. The second kappa shape index (κ2) is 13.1. The Kier molecular flexibility index (Phi) is 9.09. The second-order valence-electron chi connectivity index (χ2n) is 10.0. The summed E-state index contributed by atoms with van der Waals surface area (Å²) in [5, 5.41) is 23.6. The summed E-state index contributed by atoms with van der Waals surface area (Å²) in [5.74, 6) is 0.329. The van der Waals surface area contributed by atoms with Crippen LogP contribution in [0.15, 0.2) is 108 Å². The predicted molar refractivity (Wildman–Crippen MR) is 161 cm³/mol. The fourth-order valence-electron chi connectivity index (χ4n) is 4.63. The smallest absolute Gasteiger partial charge is 0.342 e. The van der Waals surface area contributed by atoms with E-state index in [2.05, 4.69) is 21.6 Å². The summed E-state index contributed by atoms with van der Waals surface area (Å²) in [6.07, 6.45) is -4.24. The molecule has 1 amide bonds. The van der Waals surface area contributed by atoms with Crippen LogP contribution in [0, 0.1) is 17.0 Å². The fourth-order valence-corrected chi connectivity index (χ4v) is 5.53. The highest BCUT2D eigenvalue weighted by molar-refractivity contribution is 7.98. The lowest BCUT2D eigenvalue weighted by atomic mass is 10.0. The first kappa shape index (κ1) is 30.5. The zero-order chi connectivity index (χ0) is 31.3. The van der Waals surface area contributed by atoms with E-state index in [0.717, 1.165) is 41.0 Å². The number of nitrogens with zero attached hydrogens (tertiary/aromatic N) is 4. The van der Waals surface area contributed by atoms with Gasteiger partial charge in [-0.05, 0) is 60.9 Å². The topological polar surface area (TPSA) is 103 Å². The Bertz CT molecular complexity index is 1760. The number of nitrogens with one attached hydrogen (secondary N) is 1. The van der Waals surface area contributed by atoms with Gasteiger partial charge in [0.05, 0.1) is 16.5 Å². The van der Waals surface area contributed by atoms with Crippen molar-refractivity contribution < 1.29 is 22.9 Å². The van der Waals surface area contributed by atoms with E-state index in [-0.39, 0.29) is 11.3 Å². The average molecular weight is 618 g/mol. The quantitative estimate of drug-likeness (QED) is 0.0989. The Hall–Kier alpha value is -4.97. The van der Waals surface area contributed by atoms with E-state index in [9.17, 15) is 28.1 Å². The van der Waals surface area contributed by atoms with Gasteiger partial charge in [-0.25, -0.2) is 0 Å². The SMILES string of the molecule is Cc1cccc(CSc2nnc(C(Cc3ccccc3)NC(=O)c3ccc(C(F)(F)F)cc3)n2-c2ccc([N+](=O)[O-])cc2)c1. The summed E-state index contributed by atoms with van der Waals surface area (Å²) >= 11 is 1.41. The molecule has 0 aliphatic rings. The maximum absolute atomic E-state index is 13.4. The predicted octanol–water partition coefficient (Wildman–Crippen LogP) is 7.51. The van der Waals surface area contributed by atoms with Crippen LogP contribution >= 0.6 is 11.8 Å². The number of alkyl halides is 3. The van der Waals surface area contributed by atoms with Gasteiger partial charge in [-0.1, -0.05) is 71.9 Å². The third-order valence-corrected chi connectivity index (χ3v) is 7.80. The molecule has 0 saturated heterocycles. The first-order valence-corrected chi connectivity index (χ1v) is 14.5. The van der Waals surface area contributed by atoms with Gasteiger partial charge in [-0.2, -0.15) is 13.2 Å². The highest BCUT2D eigenvalue weighted by atomic mass is 32.2. The summed E-state index contributed by atoms with van der Waals surface area (Å²) < 4.78 is 41.1. The van der Waals surface area contributed by atoms with Crippen molar-refractivity contribution in [3.05, 3.63) is 147 Å². The molecule has 12 heteroatoms. The number of thioether (sulfide) groups is 1. The summed E-state index contributed by atoms with van der Waals surface area (Å²) in [6.45, 7) is 2.00. The molecule has 0 spiro atoms. The van der Waals surface area contributed by atoms with Crippen LogP contribution < -0.4 is 5.32 Å². The standard InChI is InChI=1S/C32H26F3N5O3S/c1-21-6-5-9-23(18-21)20-44-31-38-37-29(39(31)26-14-16-27(17-15-26)40(42)43)28(19-22-7-3-2-4-8-22)36-30(41)24-10-12-25(13-11-24)32(33,34)35/h2-18,28H,19-20H2,1H3,(H,36,41). The van der Waals surface area contributed by atoms with E-state index >= 15 is 0 Å². The number of nitro benzene ring substituents is 1. The fraction of sp³-hybridized carbons (Fsp3) is 0.156. The highest BCUT2D eigenvalue weighted by Gasteiger charge is 2.31. The Labute approximate surface area is 255 Å². The van der Waals surface area contributed by atoms with E-state index in [4.69, 9.17) is 0 Å². The number of aromatic nitrogens is 3. The molecule has 1 N–H and O–H groups in total. The Morgan fingerprint density at radius 3 is 2.25 bits per heavy atom. The molecule has 5 rings (SSSR count). The largest absolute Gasteiger partial charge is 0.416 e. The number of amides is 1. The van der Waals surface area contributed by atoms with E-state index in [1.165, 1.54) is 23.9 Å². The van der Waals surface area contributed by atoms with Crippen molar-refractivity contribution >= 4 is 23.4 Å². The van der Waals surface area contributed by atoms with Crippen molar-refractivity contribution in [1.29, 1.82) is 0 Å². The van der Waals surface area contributed by atoms with Gasteiger partial charge in [-0.3, -0.25) is 19.5 Å². The molecule has 0 radical (unpaired) electrons. The lowest BCUT2D eigenvalue weighted by Gasteiger charge is -2.20. The third kappa shape index (κ3) is 7.32. The monoisotopic (exact) mass is 617 g/mol. The second-order valence-corrected chi connectivity index (χ2v) is 11.0. The van der Waals surface area contributed by atoms with Crippen LogP contribution in [0.1, 0.15) is 44.5 Å². The minimum absolute atomic E-state index is 0.0477. The summed E-state index contributed by atoms with van der Waals surface area (Å²) in [5.41, 5.74) is 2.69. The van der Waals surface area contributed by atoms with Crippen LogP contribution in [-0.2, 0) is 18.3 Å². The summed E-state index contributed by atoms with van der Waals surface area (Å²) in [7, 11) is 0. The molecular formula is C32H26F3N5O3S. The van der Waals surface area contributed by atoms with E-state index in [1.807, 2.05) is 55.5 Å². The molecule has 0 aliphatic heterocycles. The minimum atomic E-state index is -4.53. The average Bonchev–Trinajstić information content (AvgIpc) is 3.44. The van der Waals surface area contributed by atoms with Crippen molar-refractivity contribution in [3.8, 4) is 5.69 Å². The lowest BCUT2D eigenvalue weighted by Crippen LogP contribution is -2.32. The van der Waals surface area contributed by atoms with Crippen LogP contribution in [0.3, 0.4) is 0 Å². The first-order valence-electron chi connectivity index (χ1n) is 13.5.